The summed E-state index contributed by atoms with van der Waals surface area (Å²) in [6, 6.07) is 14.1. The van der Waals surface area contributed by atoms with Crippen LogP contribution in [-0.2, 0) is 22.4 Å². The van der Waals surface area contributed by atoms with Gasteiger partial charge in [-0.15, -0.1) is 0 Å². The van der Waals surface area contributed by atoms with E-state index in [1.54, 1.807) is 0 Å². The van der Waals surface area contributed by atoms with Crippen LogP contribution >= 0.6 is 0 Å². The molecule has 0 saturated carbocycles. The first kappa shape index (κ1) is 20.1. The fourth-order valence-electron chi connectivity index (χ4n) is 3.45. The summed E-state index contributed by atoms with van der Waals surface area (Å²) in [6.45, 7) is 4.76. The third kappa shape index (κ3) is 5.20. The smallest absolute Gasteiger partial charge is 0.228 e. The van der Waals surface area contributed by atoms with E-state index in [4.69, 9.17) is 5.73 Å². The molecule has 0 saturated heterocycles. The number of hydrogen-bond acceptors (Lipinski definition) is 3. The first-order valence-electron chi connectivity index (χ1n) is 9.96. The molecule has 5 heteroatoms. The monoisotopic (exact) mass is 379 g/mol. The molecule has 0 bridgehead atoms. The Kier molecular flexibility index (Phi) is 6.47. The Balaban J connectivity index is 1.40. The molecule has 2 aromatic rings. The second-order valence-electron chi connectivity index (χ2n) is 7.80. The number of fused-ring (bicyclic) bond motifs is 1. The second kappa shape index (κ2) is 9.02. The van der Waals surface area contributed by atoms with Gasteiger partial charge in [0.25, 0.3) is 0 Å². The number of amides is 2. The molecule has 5 nitrogen and oxygen atoms in total. The largest absolute Gasteiger partial charge is 0.354 e. The molecule has 0 fully saturated rings. The van der Waals surface area contributed by atoms with Crippen LogP contribution in [0.4, 0.5) is 5.69 Å². The van der Waals surface area contributed by atoms with Crippen LogP contribution in [0.2, 0.25) is 0 Å². The van der Waals surface area contributed by atoms with Crippen molar-refractivity contribution in [3.05, 3.63) is 64.7 Å². The van der Waals surface area contributed by atoms with Gasteiger partial charge in [-0.25, -0.2) is 0 Å². The number of nitrogens with two attached hydrogens (primary N) is 1. The maximum atomic E-state index is 12.1. The molecule has 2 amide bonds. The normalized spacial score (nSPS) is 13.9. The van der Waals surface area contributed by atoms with Crippen LogP contribution in [0.25, 0.3) is 0 Å². The highest BCUT2D eigenvalue weighted by Crippen LogP contribution is 2.24. The van der Waals surface area contributed by atoms with E-state index in [0.29, 0.717) is 25.3 Å². The van der Waals surface area contributed by atoms with Crippen molar-refractivity contribution < 1.29 is 9.59 Å². The fraction of sp³-hybridized carbons (Fsp3) is 0.391. The predicted molar refractivity (Wildman–Crippen MR) is 112 cm³/mol. The average molecular weight is 380 g/mol. The van der Waals surface area contributed by atoms with Gasteiger partial charge >= 0.3 is 0 Å². The van der Waals surface area contributed by atoms with Gasteiger partial charge in [-0.05, 0) is 47.1 Å². The summed E-state index contributed by atoms with van der Waals surface area (Å²) in [4.78, 5) is 23.5. The third-order valence-electron chi connectivity index (χ3n) is 5.21. The average Bonchev–Trinajstić information content (AvgIpc) is 3.05. The zero-order valence-corrected chi connectivity index (χ0v) is 16.6. The van der Waals surface area contributed by atoms with E-state index in [-0.39, 0.29) is 17.9 Å². The molecule has 0 spiro atoms. The number of benzene rings is 2. The van der Waals surface area contributed by atoms with Gasteiger partial charge < -0.3 is 16.4 Å². The van der Waals surface area contributed by atoms with Gasteiger partial charge in [-0.3, -0.25) is 9.59 Å². The Hall–Kier alpha value is -2.66. The molecule has 2 aromatic carbocycles. The van der Waals surface area contributed by atoms with Gasteiger partial charge in [0.05, 0.1) is 6.42 Å². The molecular formula is C23H29N3O2. The highest BCUT2D eigenvalue weighted by atomic mass is 16.2. The Morgan fingerprint density at radius 2 is 1.86 bits per heavy atom. The second-order valence-corrected chi connectivity index (χ2v) is 7.80. The molecule has 0 aliphatic carbocycles. The Morgan fingerprint density at radius 1 is 1.14 bits per heavy atom. The van der Waals surface area contributed by atoms with Gasteiger partial charge in [-0.2, -0.15) is 0 Å². The lowest BCUT2D eigenvalue weighted by Gasteiger charge is -2.14. The fourth-order valence-corrected chi connectivity index (χ4v) is 3.45. The van der Waals surface area contributed by atoms with Crippen molar-refractivity contribution in [2.75, 3.05) is 11.9 Å². The van der Waals surface area contributed by atoms with E-state index in [0.717, 1.165) is 35.2 Å². The zero-order chi connectivity index (χ0) is 20.1. The van der Waals surface area contributed by atoms with Crippen molar-refractivity contribution in [1.82, 2.24) is 5.32 Å². The molecule has 0 aromatic heterocycles. The molecule has 1 aliphatic heterocycles. The molecule has 1 heterocycles. The number of hydrogen-bond donors (Lipinski definition) is 3. The summed E-state index contributed by atoms with van der Waals surface area (Å²) in [5.41, 5.74) is 11.6. The van der Waals surface area contributed by atoms with Crippen molar-refractivity contribution in [1.29, 1.82) is 0 Å². The van der Waals surface area contributed by atoms with Crippen LogP contribution in [0.5, 0.6) is 0 Å². The highest BCUT2D eigenvalue weighted by molar-refractivity contribution is 5.99. The Morgan fingerprint density at radius 3 is 2.57 bits per heavy atom. The van der Waals surface area contributed by atoms with Gasteiger partial charge in [0, 0.05) is 24.7 Å². The highest BCUT2D eigenvalue weighted by Gasteiger charge is 2.17. The number of nitrogens with one attached hydrogen (secondary N) is 2. The van der Waals surface area contributed by atoms with E-state index in [9.17, 15) is 9.59 Å². The molecular weight excluding hydrogens is 350 g/mol. The minimum Gasteiger partial charge on any atom is -0.354 e. The van der Waals surface area contributed by atoms with Gasteiger partial charge in [0.15, 0.2) is 0 Å². The number of carbonyl (C=O) groups excluding carboxylic acids is 2. The number of carbonyl (C=O) groups is 2. The van der Waals surface area contributed by atoms with Gasteiger partial charge in [0.1, 0.15) is 0 Å². The van der Waals surface area contributed by atoms with E-state index < -0.39 is 0 Å². The van der Waals surface area contributed by atoms with Crippen molar-refractivity contribution in [2.45, 2.75) is 51.5 Å². The summed E-state index contributed by atoms with van der Waals surface area (Å²) in [7, 11) is 0. The van der Waals surface area contributed by atoms with Crippen LogP contribution in [0, 0.1) is 0 Å². The summed E-state index contributed by atoms with van der Waals surface area (Å²) >= 11 is 0. The maximum absolute atomic E-state index is 12.1. The minimum atomic E-state index is -0.202. The van der Waals surface area contributed by atoms with Crippen LogP contribution < -0.4 is 16.4 Å². The standard InChI is InChI=1S/C23H29N3O2/c1-15(2)17-7-9-18(10-8-17)20(24)14-25-22(27)5-3-4-16-6-11-21-19(12-16)13-23(28)26-21/h6-12,15,20H,3-5,13-14,24H2,1-2H3,(H,25,27)(H,26,28). The maximum Gasteiger partial charge on any atom is 0.228 e. The summed E-state index contributed by atoms with van der Waals surface area (Å²) in [5.74, 6) is 0.557. The predicted octanol–water partition coefficient (Wildman–Crippen LogP) is 3.44. The molecule has 148 valence electrons. The van der Waals surface area contributed by atoms with Crippen LogP contribution in [-0.4, -0.2) is 18.4 Å². The quantitative estimate of drug-likeness (QED) is 0.657. The number of rotatable bonds is 8. The SMILES string of the molecule is CC(C)c1ccc(C(N)CNC(=O)CCCc2ccc3c(c2)CC(=O)N3)cc1. The third-order valence-corrected chi connectivity index (χ3v) is 5.21. The Labute approximate surface area is 166 Å². The zero-order valence-electron chi connectivity index (χ0n) is 16.6. The van der Waals surface area contributed by atoms with E-state index in [1.807, 2.05) is 24.3 Å². The van der Waals surface area contributed by atoms with Crippen molar-refractivity contribution >= 4 is 17.5 Å². The van der Waals surface area contributed by atoms with E-state index in [2.05, 4.69) is 42.7 Å². The van der Waals surface area contributed by atoms with Gasteiger partial charge in [0.2, 0.25) is 11.8 Å². The lowest BCUT2D eigenvalue weighted by molar-refractivity contribution is -0.121. The summed E-state index contributed by atoms with van der Waals surface area (Å²) in [6.07, 6.45) is 2.49. The first-order chi connectivity index (χ1) is 13.4. The topological polar surface area (TPSA) is 84.2 Å². The minimum absolute atomic E-state index is 0.0206. The molecule has 1 aliphatic rings. The lowest BCUT2D eigenvalue weighted by atomic mass is 9.99. The summed E-state index contributed by atoms with van der Waals surface area (Å²) < 4.78 is 0. The molecule has 28 heavy (non-hydrogen) atoms. The molecule has 4 N–H and O–H groups in total. The number of aryl methyl sites for hydroxylation is 1. The van der Waals surface area contributed by atoms with Crippen molar-refractivity contribution in [2.24, 2.45) is 5.73 Å². The molecule has 1 atom stereocenters. The molecule has 1 unspecified atom stereocenters. The van der Waals surface area contributed by atoms with Crippen molar-refractivity contribution in [3.63, 3.8) is 0 Å². The van der Waals surface area contributed by atoms with E-state index >= 15 is 0 Å². The molecule has 3 rings (SSSR count). The first-order valence-corrected chi connectivity index (χ1v) is 9.96. The molecule has 0 radical (unpaired) electrons. The van der Waals surface area contributed by atoms with Gasteiger partial charge in [-0.1, -0.05) is 50.2 Å². The van der Waals surface area contributed by atoms with Crippen LogP contribution in [0.15, 0.2) is 42.5 Å². The van der Waals surface area contributed by atoms with Crippen molar-refractivity contribution in [3.8, 4) is 0 Å². The number of anilines is 1. The van der Waals surface area contributed by atoms with E-state index in [1.165, 1.54) is 5.56 Å². The summed E-state index contributed by atoms with van der Waals surface area (Å²) in [5, 5.41) is 5.77. The van der Waals surface area contributed by atoms with Crippen LogP contribution in [0.1, 0.15) is 60.9 Å². The lowest BCUT2D eigenvalue weighted by Crippen LogP contribution is -2.31. The van der Waals surface area contributed by atoms with Crippen LogP contribution in [0.3, 0.4) is 0 Å². The Bertz CT molecular complexity index is 843.